The van der Waals surface area contributed by atoms with Crippen LogP contribution in [0, 0.1) is 11.3 Å². The first-order valence-corrected chi connectivity index (χ1v) is 5.12. The van der Waals surface area contributed by atoms with Crippen molar-refractivity contribution in [2.45, 2.75) is 24.9 Å². The van der Waals surface area contributed by atoms with E-state index in [1.165, 1.54) is 0 Å². The van der Waals surface area contributed by atoms with Crippen LogP contribution in [0.25, 0.3) is 0 Å². The van der Waals surface area contributed by atoms with Gasteiger partial charge < -0.3 is 15.4 Å². The monoisotopic (exact) mass is 225 g/mol. The fraction of sp³-hybridized carbons (Fsp3) is 0.700. The van der Waals surface area contributed by atoms with Crippen LogP contribution in [0.3, 0.4) is 0 Å². The van der Waals surface area contributed by atoms with Gasteiger partial charge in [0.15, 0.2) is 0 Å². The number of methoxy groups -OCH3 is 1. The third kappa shape index (κ3) is 2.94. The van der Waals surface area contributed by atoms with Crippen molar-refractivity contribution in [3.05, 3.63) is 0 Å². The smallest absolute Gasteiger partial charge is 0.310 e. The van der Waals surface area contributed by atoms with Crippen LogP contribution >= 0.6 is 0 Å². The standard InChI is InChI=1S/C10H15N3O3/c1-16-10(3-2-4-10)7-13-9(15)8(14)12-6-5-11/h2-4,6-7H2,1H3,(H,12,14)(H,13,15). The van der Waals surface area contributed by atoms with E-state index in [0.717, 1.165) is 19.3 Å². The van der Waals surface area contributed by atoms with Crippen LogP contribution in [0.1, 0.15) is 19.3 Å². The molecule has 16 heavy (non-hydrogen) atoms. The van der Waals surface area contributed by atoms with Crippen molar-refractivity contribution in [2.24, 2.45) is 0 Å². The van der Waals surface area contributed by atoms with Gasteiger partial charge in [0.25, 0.3) is 0 Å². The van der Waals surface area contributed by atoms with Crippen LogP contribution in [0.15, 0.2) is 0 Å². The molecule has 1 aliphatic rings. The van der Waals surface area contributed by atoms with Gasteiger partial charge in [-0.15, -0.1) is 0 Å². The van der Waals surface area contributed by atoms with E-state index in [0.29, 0.717) is 6.54 Å². The summed E-state index contributed by atoms with van der Waals surface area (Å²) < 4.78 is 5.29. The van der Waals surface area contributed by atoms with E-state index < -0.39 is 11.8 Å². The highest BCUT2D eigenvalue weighted by Crippen LogP contribution is 2.34. The topological polar surface area (TPSA) is 91.2 Å². The van der Waals surface area contributed by atoms with E-state index in [2.05, 4.69) is 10.6 Å². The number of ether oxygens (including phenoxy) is 1. The van der Waals surface area contributed by atoms with Crippen LogP contribution in [-0.2, 0) is 14.3 Å². The molecule has 0 radical (unpaired) electrons. The molecule has 88 valence electrons. The first-order valence-electron chi connectivity index (χ1n) is 5.12. The molecular weight excluding hydrogens is 210 g/mol. The van der Waals surface area contributed by atoms with Crippen molar-refractivity contribution in [3.63, 3.8) is 0 Å². The molecule has 2 amide bonds. The molecular formula is C10H15N3O3. The van der Waals surface area contributed by atoms with Crippen molar-refractivity contribution in [1.29, 1.82) is 5.26 Å². The number of carbonyl (C=O) groups excluding carboxylic acids is 2. The second-order valence-corrected chi connectivity index (χ2v) is 3.76. The first-order chi connectivity index (χ1) is 7.63. The molecule has 0 aliphatic heterocycles. The first kappa shape index (κ1) is 12.5. The predicted octanol–water partition coefficient (Wildman–Crippen LogP) is -0.689. The predicted molar refractivity (Wildman–Crippen MR) is 55.2 cm³/mol. The lowest BCUT2D eigenvalue weighted by Gasteiger charge is -2.40. The van der Waals surface area contributed by atoms with Gasteiger partial charge in [-0.2, -0.15) is 5.26 Å². The highest BCUT2D eigenvalue weighted by atomic mass is 16.5. The number of amides is 2. The molecule has 1 fully saturated rings. The normalized spacial score (nSPS) is 16.8. The Labute approximate surface area is 93.9 Å². The lowest BCUT2D eigenvalue weighted by molar-refractivity contribution is -0.140. The minimum atomic E-state index is -0.785. The van der Waals surface area contributed by atoms with Crippen molar-refractivity contribution in [1.82, 2.24) is 10.6 Å². The summed E-state index contributed by atoms with van der Waals surface area (Å²) in [5.41, 5.74) is -0.300. The number of nitriles is 1. The van der Waals surface area contributed by atoms with Crippen molar-refractivity contribution in [2.75, 3.05) is 20.2 Å². The Morgan fingerprint density at radius 2 is 2.00 bits per heavy atom. The molecule has 0 aromatic carbocycles. The van der Waals surface area contributed by atoms with Gasteiger partial charge in [-0.25, -0.2) is 0 Å². The summed E-state index contributed by atoms with van der Waals surface area (Å²) in [4.78, 5) is 22.4. The molecule has 0 saturated heterocycles. The summed E-state index contributed by atoms with van der Waals surface area (Å²) in [5, 5.41) is 12.9. The van der Waals surface area contributed by atoms with Crippen LogP contribution in [0.2, 0.25) is 0 Å². The lowest BCUT2D eigenvalue weighted by Crippen LogP contribution is -2.52. The van der Waals surface area contributed by atoms with Crippen LogP contribution in [0.5, 0.6) is 0 Å². The van der Waals surface area contributed by atoms with Gasteiger partial charge >= 0.3 is 11.8 Å². The lowest BCUT2D eigenvalue weighted by atomic mass is 9.80. The summed E-state index contributed by atoms with van der Waals surface area (Å²) in [6, 6.07) is 1.72. The molecule has 0 spiro atoms. The molecule has 0 atom stereocenters. The number of nitrogens with zero attached hydrogens (tertiary/aromatic N) is 1. The number of rotatable bonds is 4. The summed E-state index contributed by atoms with van der Waals surface area (Å²) >= 11 is 0. The van der Waals surface area contributed by atoms with Gasteiger partial charge in [0.1, 0.15) is 6.54 Å². The molecule has 1 aliphatic carbocycles. The Kier molecular flexibility index (Phi) is 4.26. The van der Waals surface area contributed by atoms with Gasteiger partial charge in [0, 0.05) is 13.7 Å². The Morgan fingerprint density at radius 3 is 2.44 bits per heavy atom. The fourth-order valence-corrected chi connectivity index (χ4v) is 1.55. The van der Waals surface area contributed by atoms with Gasteiger partial charge in [-0.3, -0.25) is 9.59 Å². The Bertz CT molecular complexity index is 312. The maximum atomic E-state index is 11.3. The number of carbonyl (C=O) groups is 2. The molecule has 0 bridgehead atoms. The van der Waals surface area contributed by atoms with E-state index in [9.17, 15) is 9.59 Å². The van der Waals surface area contributed by atoms with Crippen LogP contribution in [-0.4, -0.2) is 37.6 Å². The van der Waals surface area contributed by atoms with E-state index >= 15 is 0 Å². The summed E-state index contributed by atoms with van der Waals surface area (Å²) in [6.45, 7) is 0.171. The summed E-state index contributed by atoms with van der Waals surface area (Å²) in [5.74, 6) is -1.51. The molecule has 2 N–H and O–H groups in total. The molecule has 0 heterocycles. The van der Waals surface area contributed by atoms with E-state index in [-0.39, 0.29) is 12.1 Å². The number of hydrogen-bond donors (Lipinski definition) is 2. The third-order valence-corrected chi connectivity index (χ3v) is 2.80. The third-order valence-electron chi connectivity index (χ3n) is 2.80. The number of hydrogen-bond acceptors (Lipinski definition) is 4. The minimum Gasteiger partial charge on any atom is -0.376 e. The van der Waals surface area contributed by atoms with Crippen molar-refractivity contribution < 1.29 is 14.3 Å². The molecule has 0 unspecified atom stereocenters. The zero-order valence-electron chi connectivity index (χ0n) is 9.21. The molecule has 0 aromatic heterocycles. The highest BCUT2D eigenvalue weighted by molar-refractivity contribution is 6.35. The Morgan fingerprint density at radius 1 is 1.38 bits per heavy atom. The van der Waals surface area contributed by atoms with Crippen molar-refractivity contribution in [3.8, 4) is 6.07 Å². The largest absolute Gasteiger partial charge is 0.376 e. The van der Waals surface area contributed by atoms with Gasteiger partial charge in [-0.1, -0.05) is 0 Å². The average molecular weight is 225 g/mol. The van der Waals surface area contributed by atoms with Gasteiger partial charge in [-0.05, 0) is 19.3 Å². The molecule has 6 nitrogen and oxygen atoms in total. The van der Waals surface area contributed by atoms with E-state index in [1.807, 2.05) is 0 Å². The van der Waals surface area contributed by atoms with Crippen LogP contribution < -0.4 is 10.6 Å². The minimum absolute atomic E-state index is 0.165. The average Bonchev–Trinajstić information content (AvgIpc) is 2.24. The summed E-state index contributed by atoms with van der Waals surface area (Å²) in [6.07, 6.45) is 2.86. The van der Waals surface area contributed by atoms with E-state index in [4.69, 9.17) is 10.00 Å². The van der Waals surface area contributed by atoms with Crippen LogP contribution in [0.4, 0.5) is 0 Å². The highest BCUT2D eigenvalue weighted by Gasteiger charge is 2.37. The SMILES string of the molecule is COC1(CNC(=O)C(=O)NCC#N)CCC1. The molecule has 1 rings (SSSR count). The van der Waals surface area contributed by atoms with Gasteiger partial charge in [0.2, 0.25) is 0 Å². The summed E-state index contributed by atoms with van der Waals surface area (Å²) in [7, 11) is 1.60. The fourth-order valence-electron chi connectivity index (χ4n) is 1.55. The molecule has 0 aromatic rings. The maximum Gasteiger partial charge on any atom is 0.310 e. The Hall–Kier alpha value is -1.61. The van der Waals surface area contributed by atoms with Gasteiger partial charge in [0.05, 0.1) is 11.7 Å². The number of nitrogens with one attached hydrogen (secondary N) is 2. The second kappa shape index (κ2) is 5.47. The molecule has 6 heteroatoms. The quantitative estimate of drug-likeness (QED) is 0.489. The van der Waals surface area contributed by atoms with Crippen molar-refractivity contribution >= 4 is 11.8 Å². The Balaban J connectivity index is 2.29. The maximum absolute atomic E-state index is 11.3. The molecule has 1 saturated carbocycles. The zero-order chi connectivity index (χ0) is 12.0. The zero-order valence-corrected chi connectivity index (χ0v) is 9.21. The second-order valence-electron chi connectivity index (χ2n) is 3.76. The van der Waals surface area contributed by atoms with E-state index in [1.54, 1.807) is 13.2 Å².